The monoisotopic (exact) mass is 403 g/mol. The summed E-state index contributed by atoms with van der Waals surface area (Å²) in [6, 6.07) is 12.0. The number of halogens is 1. The van der Waals surface area contributed by atoms with Crippen LogP contribution < -0.4 is 10.6 Å². The van der Waals surface area contributed by atoms with E-state index < -0.39 is 0 Å². The Hall–Kier alpha value is -1.99. The lowest BCUT2D eigenvalue weighted by Gasteiger charge is -2.28. The van der Waals surface area contributed by atoms with Crippen LogP contribution >= 0.6 is 28.1 Å². The first-order valence-electron chi connectivity index (χ1n) is 7.74. The first-order valence-corrected chi connectivity index (χ1v) is 8.94. The fourth-order valence-electron chi connectivity index (χ4n) is 2.51. The van der Waals surface area contributed by atoms with Gasteiger partial charge in [-0.05, 0) is 49.0 Å². The number of anilines is 2. The molecule has 0 amide bonds. The summed E-state index contributed by atoms with van der Waals surface area (Å²) < 4.78 is 1.01. The molecule has 0 saturated carbocycles. The molecule has 1 unspecified atom stereocenters. The molecule has 3 rings (SSSR count). The van der Waals surface area contributed by atoms with Crippen molar-refractivity contribution in [2.45, 2.75) is 19.4 Å². The molecule has 24 heavy (non-hydrogen) atoms. The number of nitrogens with zero attached hydrogens (tertiary/aromatic N) is 3. The van der Waals surface area contributed by atoms with Gasteiger partial charge >= 0.3 is 0 Å². The number of aliphatic imine (C=N–C) groups is 1. The van der Waals surface area contributed by atoms with Crippen LogP contribution in [0.4, 0.5) is 11.4 Å². The normalized spacial score (nSPS) is 16.7. The molecular weight excluding hydrogens is 386 g/mol. The van der Waals surface area contributed by atoms with E-state index in [4.69, 9.17) is 12.2 Å². The predicted octanol–water partition coefficient (Wildman–Crippen LogP) is 4.10. The largest absolute Gasteiger partial charge is 0.332 e. The predicted molar refractivity (Wildman–Crippen MR) is 106 cm³/mol. The standard InChI is InChI=1S/C17H18BrN5S/c1-2-15-11-20-16(21-13-6-8-19-9-7-13)23(15)17(24)22-14-5-3-4-12(18)10-14/h3-10,15H,2,11H2,1H3,(H,22,24)(H,19,20,21). The number of nitrogens with one attached hydrogen (secondary N) is 2. The van der Waals surface area contributed by atoms with Crippen LogP contribution in [0.15, 0.2) is 58.3 Å². The van der Waals surface area contributed by atoms with E-state index in [1.54, 1.807) is 12.4 Å². The zero-order valence-corrected chi connectivity index (χ0v) is 15.6. The Morgan fingerprint density at radius 1 is 1.29 bits per heavy atom. The first kappa shape index (κ1) is 16.9. The summed E-state index contributed by atoms with van der Waals surface area (Å²) in [6.07, 6.45) is 4.46. The second kappa shape index (κ2) is 7.72. The van der Waals surface area contributed by atoms with Gasteiger partial charge in [0.25, 0.3) is 0 Å². The van der Waals surface area contributed by atoms with Crippen LogP contribution in [0.1, 0.15) is 13.3 Å². The molecule has 0 bridgehead atoms. The highest BCUT2D eigenvalue weighted by Crippen LogP contribution is 2.20. The molecule has 0 spiro atoms. The minimum absolute atomic E-state index is 0.251. The van der Waals surface area contributed by atoms with Crippen LogP contribution in [-0.2, 0) is 0 Å². The Balaban J connectivity index is 1.76. The van der Waals surface area contributed by atoms with E-state index >= 15 is 0 Å². The number of hydrogen-bond acceptors (Lipinski definition) is 4. The van der Waals surface area contributed by atoms with Gasteiger partial charge in [-0.1, -0.05) is 28.9 Å². The number of guanidine groups is 1. The Morgan fingerprint density at radius 3 is 2.79 bits per heavy atom. The molecular formula is C17H18BrN5S. The van der Waals surface area contributed by atoms with Gasteiger partial charge in [0.05, 0.1) is 12.6 Å². The van der Waals surface area contributed by atoms with Gasteiger partial charge in [-0.3, -0.25) is 14.9 Å². The third-order valence-corrected chi connectivity index (χ3v) is 4.54. The van der Waals surface area contributed by atoms with Crippen molar-refractivity contribution < 1.29 is 0 Å². The van der Waals surface area contributed by atoms with Crippen molar-refractivity contribution in [1.82, 2.24) is 9.88 Å². The van der Waals surface area contributed by atoms with Crippen LogP contribution in [0, 0.1) is 0 Å². The summed E-state index contributed by atoms with van der Waals surface area (Å²) in [5.74, 6) is 0.764. The molecule has 7 heteroatoms. The SMILES string of the molecule is CCC1CN=C(Nc2ccncc2)N1C(=S)Nc1cccc(Br)c1. The molecule has 0 aliphatic carbocycles. The molecule has 2 heterocycles. The highest BCUT2D eigenvalue weighted by molar-refractivity contribution is 9.10. The number of aromatic nitrogens is 1. The lowest BCUT2D eigenvalue weighted by atomic mass is 10.2. The third kappa shape index (κ3) is 3.91. The number of thiocarbonyl (C=S) groups is 1. The Kier molecular flexibility index (Phi) is 5.42. The van der Waals surface area contributed by atoms with E-state index in [1.165, 1.54) is 0 Å². The van der Waals surface area contributed by atoms with Crippen molar-refractivity contribution in [3.05, 3.63) is 53.3 Å². The summed E-state index contributed by atoms with van der Waals surface area (Å²) in [4.78, 5) is 10.7. The van der Waals surface area contributed by atoms with Gasteiger partial charge in [0.15, 0.2) is 5.11 Å². The average Bonchev–Trinajstić information content (AvgIpc) is 2.98. The van der Waals surface area contributed by atoms with Gasteiger partial charge in [-0.2, -0.15) is 0 Å². The Morgan fingerprint density at radius 2 is 2.08 bits per heavy atom. The van der Waals surface area contributed by atoms with Crippen molar-refractivity contribution in [3.63, 3.8) is 0 Å². The average molecular weight is 404 g/mol. The van der Waals surface area contributed by atoms with Crippen LogP contribution in [0.2, 0.25) is 0 Å². The van der Waals surface area contributed by atoms with Gasteiger partial charge in [-0.15, -0.1) is 0 Å². The van der Waals surface area contributed by atoms with Crippen molar-refractivity contribution in [3.8, 4) is 0 Å². The molecule has 0 fully saturated rings. The number of pyridine rings is 1. The summed E-state index contributed by atoms with van der Waals surface area (Å²) in [7, 11) is 0. The maximum absolute atomic E-state index is 5.64. The fraction of sp³-hybridized carbons (Fsp3) is 0.235. The van der Waals surface area contributed by atoms with Crippen LogP contribution in [-0.4, -0.2) is 33.5 Å². The van der Waals surface area contributed by atoms with Gasteiger partial charge in [0, 0.05) is 28.2 Å². The fourth-order valence-corrected chi connectivity index (χ4v) is 3.26. The second-order valence-corrected chi connectivity index (χ2v) is 6.70. The van der Waals surface area contributed by atoms with Crippen molar-refractivity contribution in [1.29, 1.82) is 0 Å². The smallest absolute Gasteiger partial charge is 0.205 e. The first-order chi connectivity index (χ1) is 11.7. The van der Waals surface area contributed by atoms with Crippen molar-refractivity contribution >= 4 is 50.6 Å². The molecule has 5 nitrogen and oxygen atoms in total. The Bertz CT molecular complexity index is 750. The summed E-state index contributed by atoms with van der Waals surface area (Å²) in [5, 5.41) is 7.27. The maximum Gasteiger partial charge on any atom is 0.205 e. The van der Waals surface area contributed by atoms with E-state index in [-0.39, 0.29) is 6.04 Å². The van der Waals surface area contributed by atoms with E-state index in [1.807, 2.05) is 36.4 Å². The number of hydrogen-bond donors (Lipinski definition) is 2. The molecule has 1 aliphatic heterocycles. The molecule has 0 radical (unpaired) electrons. The van der Waals surface area contributed by atoms with Gasteiger partial charge in [0.1, 0.15) is 0 Å². The summed E-state index contributed by atoms with van der Waals surface area (Å²) in [5.41, 5.74) is 1.88. The molecule has 1 aliphatic rings. The third-order valence-electron chi connectivity index (χ3n) is 3.75. The van der Waals surface area contributed by atoms with Gasteiger partial charge in [-0.25, -0.2) is 0 Å². The lowest BCUT2D eigenvalue weighted by Crippen LogP contribution is -2.46. The molecule has 2 aromatic rings. The molecule has 0 saturated heterocycles. The molecule has 1 aromatic heterocycles. The topological polar surface area (TPSA) is 52.6 Å². The van der Waals surface area contributed by atoms with Gasteiger partial charge < -0.3 is 10.6 Å². The van der Waals surface area contributed by atoms with Crippen LogP contribution in [0.3, 0.4) is 0 Å². The summed E-state index contributed by atoms with van der Waals surface area (Å²) in [6.45, 7) is 2.87. The Labute approximate surface area is 155 Å². The lowest BCUT2D eigenvalue weighted by molar-refractivity contribution is 0.468. The molecule has 2 N–H and O–H groups in total. The van der Waals surface area contributed by atoms with Crippen LogP contribution in [0.25, 0.3) is 0 Å². The van der Waals surface area contributed by atoms with E-state index in [0.717, 1.165) is 34.8 Å². The molecule has 124 valence electrons. The highest BCUT2D eigenvalue weighted by atomic mass is 79.9. The minimum Gasteiger partial charge on any atom is -0.332 e. The molecule has 1 atom stereocenters. The summed E-state index contributed by atoms with van der Waals surface area (Å²) >= 11 is 9.12. The van der Waals surface area contributed by atoms with E-state index in [9.17, 15) is 0 Å². The highest BCUT2D eigenvalue weighted by Gasteiger charge is 2.30. The second-order valence-electron chi connectivity index (χ2n) is 5.40. The zero-order valence-electron chi connectivity index (χ0n) is 13.2. The zero-order chi connectivity index (χ0) is 16.9. The number of rotatable bonds is 3. The van der Waals surface area contributed by atoms with Gasteiger partial charge in [0.2, 0.25) is 5.96 Å². The van der Waals surface area contributed by atoms with Crippen LogP contribution in [0.5, 0.6) is 0 Å². The van der Waals surface area contributed by atoms with E-state index in [0.29, 0.717) is 5.11 Å². The molecule has 1 aromatic carbocycles. The maximum atomic E-state index is 5.64. The van der Waals surface area contributed by atoms with E-state index in [2.05, 4.69) is 48.4 Å². The van der Waals surface area contributed by atoms with Crippen molar-refractivity contribution in [2.24, 2.45) is 4.99 Å². The number of benzene rings is 1. The quantitative estimate of drug-likeness (QED) is 0.755. The van der Waals surface area contributed by atoms with Crippen molar-refractivity contribution in [2.75, 3.05) is 17.2 Å². The minimum atomic E-state index is 0.251.